The van der Waals surface area contributed by atoms with Gasteiger partial charge in [-0.2, -0.15) is 0 Å². The molecule has 0 unspecified atom stereocenters. The maximum absolute atomic E-state index is 10.5. The molecule has 1 aromatic rings. The molecule has 6 nitrogen and oxygen atoms in total. The van der Waals surface area contributed by atoms with Gasteiger partial charge in [-0.3, -0.25) is 0 Å². The van der Waals surface area contributed by atoms with Gasteiger partial charge in [0.15, 0.2) is 5.96 Å². The lowest BCUT2D eigenvalue weighted by atomic mass is 10.0. The number of aliphatic imine (C=N–C) groups is 1. The van der Waals surface area contributed by atoms with Crippen molar-refractivity contribution in [1.29, 1.82) is 0 Å². The molecule has 0 bridgehead atoms. The molecule has 0 spiro atoms. The highest BCUT2D eigenvalue weighted by molar-refractivity contribution is 5.79. The summed E-state index contributed by atoms with van der Waals surface area (Å²) in [5.74, 6) is 1.57. The molecule has 0 radical (unpaired) electrons. The Morgan fingerprint density at radius 2 is 1.96 bits per heavy atom. The van der Waals surface area contributed by atoms with Gasteiger partial charge in [0.05, 0.1) is 18.8 Å². The van der Waals surface area contributed by atoms with Crippen LogP contribution in [0, 0.1) is 6.92 Å². The molecule has 0 saturated heterocycles. The molecule has 152 valence electrons. The van der Waals surface area contributed by atoms with E-state index in [0.29, 0.717) is 32.9 Å². The van der Waals surface area contributed by atoms with Crippen molar-refractivity contribution in [2.45, 2.75) is 58.6 Å². The average molecular weight is 378 g/mol. The Hall–Kier alpha value is -1.79. The second-order valence-electron chi connectivity index (χ2n) is 7.14. The number of nitrogens with one attached hydrogen (secondary N) is 2. The van der Waals surface area contributed by atoms with Crippen LogP contribution in [-0.2, 0) is 11.3 Å². The van der Waals surface area contributed by atoms with Gasteiger partial charge in [-0.25, -0.2) is 4.99 Å². The molecule has 0 atom stereocenters. The van der Waals surface area contributed by atoms with E-state index < -0.39 is 5.60 Å². The molecule has 0 aliphatic heterocycles. The van der Waals surface area contributed by atoms with Crippen molar-refractivity contribution in [2.24, 2.45) is 4.99 Å². The Morgan fingerprint density at radius 3 is 2.67 bits per heavy atom. The molecule has 1 aromatic carbocycles. The van der Waals surface area contributed by atoms with Crippen LogP contribution in [0.5, 0.6) is 5.75 Å². The first kappa shape index (κ1) is 21.5. The summed E-state index contributed by atoms with van der Waals surface area (Å²) < 4.78 is 11.2. The number of benzene rings is 1. The summed E-state index contributed by atoms with van der Waals surface area (Å²) in [5.41, 5.74) is 1.59. The highest BCUT2D eigenvalue weighted by atomic mass is 16.5. The number of ether oxygens (including phenoxy) is 2. The minimum Gasteiger partial charge on any atom is -0.491 e. The fraction of sp³-hybridized carbons (Fsp3) is 0.667. The minimum absolute atomic E-state index is 0.512. The number of rotatable bonds is 10. The van der Waals surface area contributed by atoms with Crippen LogP contribution < -0.4 is 15.4 Å². The fourth-order valence-corrected chi connectivity index (χ4v) is 3.25. The zero-order chi connectivity index (χ0) is 19.5. The van der Waals surface area contributed by atoms with Crippen molar-refractivity contribution in [3.63, 3.8) is 0 Å². The van der Waals surface area contributed by atoms with E-state index >= 15 is 0 Å². The molecule has 3 N–H and O–H groups in total. The van der Waals surface area contributed by atoms with E-state index in [-0.39, 0.29) is 0 Å². The highest BCUT2D eigenvalue weighted by Gasteiger charge is 2.30. The van der Waals surface area contributed by atoms with Crippen LogP contribution in [-0.4, -0.2) is 49.6 Å². The maximum Gasteiger partial charge on any atom is 0.191 e. The zero-order valence-corrected chi connectivity index (χ0v) is 17.0. The van der Waals surface area contributed by atoms with Gasteiger partial charge < -0.3 is 25.2 Å². The van der Waals surface area contributed by atoms with Gasteiger partial charge in [-0.15, -0.1) is 0 Å². The Kier molecular flexibility index (Phi) is 8.88. The minimum atomic E-state index is -0.604. The fourth-order valence-electron chi connectivity index (χ4n) is 3.25. The van der Waals surface area contributed by atoms with Gasteiger partial charge in [-0.05, 0) is 45.2 Å². The predicted molar refractivity (Wildman–Crippen MR) is 109 cm³/mol. The van der Waals surface area contributed by atoms with E-state index in [1.165, 1.54) is 0 Å². The van der Waals surface area contributed by atoms with Crippen LogP contribution in [0.1, 0.15) is 50.7 Å². The molecule has 2 rings (SSSR count). The Balaban J connectivity index is 1.98. The summed E-state index contributed by atoms with van der Waals surface area (Å²) in [6, 6.07) is 6.17. The first-order valence-electron chi connectivity index (χ1n) is 10.1. The van der Waals surface area contributed by atoms with Gasteiger partial charge in [0.2, 0.25) is 0 Å². The average Bonchev–Trinajstić information content (AvgIpc) is 3.09. The van der Waals surface area contributed by atoms with Crippen molar-refractivity contribution < 1.29 is 14.6 Å². The summed E-state index contributed by atoms with van der Waals surface area (Å²) in [7, 11) is 0. The van der Waals surface area contributed by atoms with Crippen LogP contribution in [0.4, 0.5) is 0 Å². The summed E-state index contributed by atoms with van der Waals surface area (Å²) in [5, 5.41) is 17.1. The summed E-state index contributed by atoms with van der Waals surface area (Å²) in [4.78, 5) is 4.68. The number of hydrogen-bond donors (Lipinski definition) is 3. The Labute approximate surface area is 163 Å². The SMILES string of the molecule is CCNC(=NCc1ccc(C)cc1OCCOCC)NCC1(O)CCCC1. The first-order chi connectivity index (χ1) is 13.1. The topological polar surface area (TPSA) is 75.1 Å². The molecule has 27 heavy (non-hydrogen) atoms. The second-order valence-corrected chi connectivity index (χ2v) is 7.14. The monoisotopic (exact) mass is 377 g/mol. The van der Waals surface area contributed by atoms with Crippen LogP contribution in [0.3, 0.4) is 0 Å². The van der Waals surface area contributed by atoms with Gasteiger partial charge >= 0.3 is 0 Å². The van der Waals surface area contributed by atoms with Crippen LogP contribution in [0.25, 0.3) is 0 Å². The van der Waals surface area contributed by atoms with E-state index in [2.05, 4.69) is 34.7 Å². The third-order valence-electron chi connectivity index (χ3n) is 4.78. The van der Waals surface area contributed by atoms with Gasteiger partial charge in [-0.1, -0.05) is 25.0 Å². The molecule has 0 aromatic heterocycles. The first-order valence-corrected chi connectivity index (χ1v) is 10.1. The van der Waals surface area contributed by atoms with Gasteiger partial charge in [0.1, 0.15) is 12.4 Å². The normalized spacial score (nSPS) is 16.4. The molecule has 6 heteroatoms. The highest BCUT2D eigenvalue weighted by Crippen LogP contribution is 2.28. The summed E-state index contributed by atoms with van der Waals surface area (Å²) in [6.07, 6.45) is 3.90. The second kappa shape index (κ2) is 11.1. The smallest absolute Gasteiger partial charge is 0.191 e. The van der Waals surface area contributed by atoms with Gasteiger partial charge in [0.25, 0.3) is 0 Å². The number of guanidine groups is 1. The predicted octanol–water partition coefficient (Wildman–Crippen LogP) is 2.77. The van der Waals surface area contributed by atoms with E-state index in [4.69, 9.17) is 9.47 Å². The van der Waals surface area contributed by atoms with E-state index in [1.807, 2.05) is 19.9 Å². The zero-order valence-electron chi connectivity index (χ0n) is 17.0. The van der Waals surface area contributed by atoms with Crippen molar-refractivity contribution in [3.8, 4) is 5.75 Å². The molecule has 1 aliphatic carbocycles. The quantitative estimate of drug-likeness (QED) is 0.332. The molecular weight excluding hydrogens is 342 g/mol. The standard InChI is InChI=1S/C21H35N3O3/c1-4-22-20(24-16-21(25)10-6-7-11-21)23-15-18-9-8-17(3)14-19(18)27-13-12-26-5-2/h8-9,14,25H,4-7,10-13,15-16H2,1-3H3,(H2,22,23,24). The number of aryl methyl sites for hydroxylation is 1. The lowest BCUT2D eigenvalue weighted by Crippen LogP contribution is -2.46. The van der Waals surface area contributed by atoms with E-state index in [9.17, 15) is 5.11 Å². The molecule has 0 amide bonds. The van der Waals surface area contributed by atoms with Crippen LogP contribution in [0.2, 0.25) is 0 Å². The summed E-state index contributed by atoms with van der Waals surface area (Å²) >= 11 is 0. The number of aliphatic hydroxyl groups is 1. The van der Waals surface area contributed by atoms with Gasteiger partial charge in [0, 0.05) is 25.3 Å². The Morgan fingerprint density at radius 1 is 1.19 bits per heavy atom. The Bertz CT molecular complexity index is 598. The number of hydrogen-bond acceptors (Lipinski definition) is 4. The van der Waals surface area contributed by atoms with E-state index in [0.717, 1.165) is 55.1 Å². The molecule has 1 aliphatic rings. The molecular formula is C21H35N3O3. The van der Waals surface area contributed by atoms with Crippen molar-refractivity contribution in [2.75, 3.05) is 32.9 Å². The summed E-state index contributed by atoms with van der Waals surface area (Å²) in [6.45, 7) is 9.68. The molecule has 1 saturated carbocycles. The largest absolute Gasteiger partial charge is 0.491 e. The van der Waals surface area contributed by atoms with E-state index in [1.54, 1.807) is 0 Å². The molecule has 1 fully saturated rings. The lowest BCUT2D eigenvalue weighted by Gasteiger charge is -2.23. The van der Waals surface area contributed by atoms with Crippen molar-refractivity contribution >= 4 is 5.96 Å². The number of nitrogens with zero attached hydrogens (tertiary/aromatic N) is 1. The molecule has 0 heterocycles. The third kappa shape index (κ3) is 7.39. The van der Waals surface area contributed by atoms with Crippen LogP contribution in [0.15, 0.2) is 23.2 Å². The maximum atomic E-state index is 10.5. The van der Waals surface area contributed by atoms with Crippen LogP contribution >= 0.6 is 0 Å². The lowest BCUT2D eigenvalue weighted by molar-refractivity contribution is 0.0522. The van der Waals surface area contributed by atoms with Crippen molar-refractivity contribution in [3.05, 3.63) is 29.3 Å². The van der Waals surface area contributed by atoms with Crippen molar-refractivity contribution in [1.82, 2.24) is 10.6 Å². The third-order valence-corrected chi connectivity index (χ3v) is 4.78.